The molecule has 0 aromatic heterocycles. The summed E-state index contributed by atoms with van der Waals surface area (Å²) < 4.78 is 0. The molecule has 0 bridgehead atoms. The van der Waals surface area contributed by atoms with Gasteiger partial charge in [-0.05, 0) is 31.1 Å². The summed E-state index contributed by atoms with van der Waals surface area (Å²) >= 11 is 0. The average molecular weight is 198 g/mol. The lowest BCUT2D eigenvalue weighted by Crippen LogP contribution is -2.11. The molecule has 1 aliphatic rings. The molecule has 0 saturated heterocycles. The molecule has 0 spiro atoms. The molecule has 1 saturated carbocycles. The van der Waals surface area contributed by atoms with E-state index >= 15 is 0 Å². The van der Waals surface area contributed by atoms with Crippen molar-refractivity contribution in [2.45, 2.75) is 66.7 Å². The molecule has 0 amide bonds. The Balaban J connectivity index is 0. The average Bonchev–Trinajstić information content (AvgIpc) is 2.28. The molecule has 86 valence electrons. The first-order valence-corrected chi connectivity index (χ1v) is 6.44. The Kier molecular flexibility index (Phi) is 14.7. The maximum Gasteiger partial charge on any atom is -0.0325 e. The minimum absolute atomic E-state index is 0.966. The van der Waals surface area contributed by atoms with Crippen LogP contribution in [0.1, 0.15) is 66.7 Å². The van der Waals surface area contributed by atoms with E-state index in [1.54, 1.807) is 0 Å². The van der Waals surface area contributed by atoms with E-state index in [1.807, 2.05) is 27.7 Å². The summed E-state index contributed by atoms with van der Waals surface area (Å²) in [6, 6.07) is 0. The van der Waals surface area contributed by atoms with Gasteiger partial charge in [-0.2, -0.15) is 0 Å². The van der Waals surface area contributed by atoms with E-state index in [4.69, 9.17) is 0 Å². The summed E-state index contributed by atoms with van der Waals surface area (Å²) in [5, 5.41) is 0. The fourth-order valence-electron chi connectivity index (χ4n) is 1.80. The van der Waals surface area contributed by atoms with Crippen molar-refractivity contribution in [3.05, 3.63) is 12.7 Å². The zero-order chi connectivity index (χ0) is 11.4. The van der Waals surface area contributed by atoms with Crippen molar-refractivity contribution in [1.82, 2.24) is 0 Å². The van der Waals surface area contributed by atoms with Crippen LogP contribution in [0.25, 0.3) is 0 Å². The highest BCUT2D eigenvalue weighted by Crippen LogP contribution is 2.30. The quantitative estimate of drug-likeness (QED) is 0.518. The van der Waals surface area contributed by atoms with Crippen LogP contribution in [0.5, 0.6) is 0 Å². The molecular weight excluding hydrogens is 168 g/mol. The van der Waals surface area contributed by atoms with Crippen LogP contribution in [-0.2, 0) is 0 Å². The summed E-state index contributed by atoms with van der Waals surface area (Å²) in [5.41, 5.74) is 0. The number of hydrogen-bond donors (Lipinski definition) is 0. The molecule has 0 N–H and O–H groups in total. The zero-order valence-electron chi connectivity index (χ0n) is 11.0. The third-order valence-corrected chi connectivity index (χ3v) is 2.64. The van der Waals surface area contributed by atoms with E-state index in [1.165, 1.54) is 32.1 Å². The molecule has 0 radical (unpaired) electrons. The predicted octanol–water partition coefficient (Wildman–Crippen LogP) is 5.44. The molecule has 1 fully saturated rings. The fourth-order valence-corrected chi connectivity index (χ4v) is 1.80. The van der Waals surface area contributed by atoms with E-state index in [-0.39, 0.29) is 0 Å². The minimum atomic E-state index is 0.966. The number of allylic oxidation sites excluding steroid dienone is 1. The van der Waals surface area contributed by atoms with Crippen molar-refractivity contribution in [1.29, 1.82) is 0 Å². The molecule has 1 rings (SSSR count). The van der Waals surface area contributed by atoms with E-state index in [9.17, 15) is 0 Å². The molecule has 0 heteroatoms. The summed E-state index contributed by atoms with van der Waals surface area (Å²) in [4.78, 5) is 0. The molecule has 0 aromatic rings. The third kappa shape index (κ3) is 8.34. The van der Waals surface area contributed by atoms with Gasteiger partial charge in [0.15, 0.2) is 0 Å². The molecule has 0 atom stereocenters. The first-order valence-electron chi connectivity index (χ1n) is 6.44. The van der Waals surface area contributed by atoms with Gasteiger partial charge in [-0.3, -0.25) is 0 Å². The molecule has 0 heterocycles. The van der Waals surface area contributed by atoms with Crippen LogP contribution in [0, 0.1) is 11.8 Å². The second-order valence-corrected chi connectivity index (χ2v) is 3.65. The van der Waals surface area contributed by atoms with E-state index in [0.29, 0.717) is 0 Å². The highest BCUT2D eigenvalue weighted by Gasteiger charge is 2.16. The Morgan fingerprint density at radius 2 is 1.43 bits per heavy atom. The van der Waals surface area contributed by atoms with Gasteiger partial charge in [0, 0.05) is 0 Å². The van der Waals surface area contributed by atoms with E-state index in [2.05, 4.69) is 19.6 Å². The standard InChI is InChI=1S/C10H18.2C2H6/c1-3-4-10-7-5-9(2)6-8-10;2*1-2/h3,9-10H,1,4-8H2,2H3;2*1-2H3. The minimum Gasteiger partial charge on any atom is -0.103 e. The van der Waals surface area contributed by atoms with Crippen LogP contribution >= 0.6 is 0 Å². The van der Waals surface area contributed by atoms with E-state index < -0.39 is 0 Å². The summed E-state index contributed by atoms with van der Waals surface area (Å²) in [6.45, 7) is 14.1. The van der Waals surface area contributed by atoms with Gasteiger partial charge in [-0.25, -0.2) is 0 Å². The third-order valence-electron chi connectivity index (χ3n) is 2.64. The van der Waals surface area contributed by atoms with Crippen LogP contribution in [0.4, 0.5) is 0 Å². The normalized spacial score (nSPS) is 24.9. The van der Waals surface area contributed by atoms with E-state index in [0.717, 1.165) is 11.8 Å². The van der Waals surface area contributed by atoms with Crippen molar-refractivity contribution in [2.24, 2.45) is 11.8 Å². The van der Waals surface area contributed by atoms with Gasteiger partial charge >= 0.3 is 0 Å². The first-order chi connectivity index (χ1) is 6.83. The molecule has 1 aliphatic carbocycles. The van der Waals surface area contributed by atoms with Crippen molar-refractivity contribution >= 4 is 0 Å². The van der Waals surface area contributed by atoms with Gasteiger partial charge < -0.3 is 0 Å². The molecule has 14 heavy (non-hydrogen) atoms. The topological polar surface area (TPSA) is 0 Å². The Morgan fingerprint density at radius 3 is 1.79 bits per heavy atom. The highest BCUT2D eigenvalue weighted by atomic mass is 14.2. The van der Waals surface area contributed by atoms with Gasteiger partial charge in [0.05, 0.1) is 0 Å². The maximum atomic E-state index is 3.77. The molecular formula is C14H30. The monoisotopic (exact) mass is 198 g/mol. The molecule has 0 aliphatic heterocycles. The second-order valence-electron chi connectivity index (χ2n) is 3.65. The van der Waals surface area contributed by atoms with Crippen LogP contribution in [0.15, 0.2) is 12.7 Å². The molecule has 0 unspecified atom stereocenters. The SMILES string of the molecule is C=CCC1CCC(C)CC1.CC.CC. The van der Waals surface area contributed by atoms with Gasteiger partial charge in [-0.1, -0.05) is 53.5 Å². The van der Waals surface area contributed by atoms with Crippen molar-refractivity contribution in [3.8, 4) is 0 Å². The maximum absolute atomic E-state index is 3.77. The summed E-state index contributed by atoms with van der Waals surface area (Å²) in [6.07, 6.45) is 9.07. The molecule has 0 nitrogen and oxygen atoms in total. The van der Waals surface area contributed by atoms with Crippen LogP contribution < -0.4 is 0 Å². The van der Waals surface area contributed by atoms with Crippen molar-refractivity contribution in [2.75, 3.05) is 0 Å². The van der Waals surface area contributed by atoms with Gasteiger partial charge in [0.1, 0.15) is 0 Å². The van der Waals surface area contributed by atoms with Crippen LogP contribution in [0.3, 0.4) is 0 Å². The zero-order valence-corrected chi connectivity index (χ0v) is 11.0. The lowest BCUT2D eigenvalue weighted by atomic mass is 9.81. The largest absolute Gasteiger partial charge is 0.103 e. The highest BCUT2D eigenvalue weighted by molar-refractivity contribution is 4.77. The van der Waals surface area contributed by atoms with Crippen molar-refractivity contribution in [3.63, 3.8) is 0 Å². The van der Waals surface area contributed by atoms with Gasteiger partial charge in [-0.15, -0.1) is 6.58 Å². The van der Waals surface area contributed by atoms with Crippen LogP contribution in [0.2, 0.25) is 0 Å². The Labute approximate surface area is 91.8 Å². The van der Waals surface area contributed by atoms with Gasteiger partial charge in [0.25, 0.3) is 0 Å². The smallest absolute Gasteiger partial charge is 0.0325 e. The van der Waals surface area contributed by atoms with Gasteiger partial charge in [0.2, 0.25) is 0 Å². The number of rotatable bonds is 2. The Morgan fingerprint density at radius 1 is 1.00 bits per heavy atom. The summed E-state index contributed by atoms with van der Waals surface area (Å²) in [5.74, 6) is 1.95. The second kappa shape index (κ2) is 12.7. The Hall–Kier alpha value is -0.260. The lowest BCUT2D eigenvalue weighted by molar-refractivity contribution is 0.292. The lowest BCUT2D eigenvalue weighted by Gasteiger charge is -2.24. The number of hydrogen-bond acceptors (Lipinski definition) is 0. The van der Waals surface area contributed by atoms with Crippen LogP contribution in [-0.4, -0.2) is 0 Å². The molecule has 0 aromatic carbocycles. The van der Waals surface area contributed by atoms with Crippen molar-refractivity contribution < 1.29 is 0 Å². The first kappa shape index (κ1) is 16.2. The summed E-state index contributed by atoms with van der Waals surface area (Å²) in [7, 11) is 0. The fraction of sp³-hybridized carbons (Fsp3) is 0.857. The Bertz CT molecular complexity index is 96.6. The predicted molar refractivity (Wildman–Crippen MR) is 68.6 cm³/mol.